The summed E-state index contributed by atoms with van der Waals surface area (Å²) < 4.78 is 19.4. The molecule has 0 atom stereocenters. The van der Waals surface area contributed by atoms with Crippen molar-refractivity contribution in [1.29, 1.82) is 0 Å². The zero-order valence-electron chi connectivity index (χ0n) is 10.2. The molecule has 5 heteroatoms. The molecule has 0 spiro atoms. The van der Waals surface area contributed by atoms with Crippen molar-refractivity contribution in [2.24, 2.45) is 0 Å². The Morgan fingerprint density at radius 3 is 2.70 bits per heavy atom. The molecule has 0 aliphatic heterocycles. The number of fused-ring (bicyclic) bond motifs is 1. The standard InChI is InChI=1S/C15H9BrFNO2/c16-9-1-3-11(12(18)7-9)15(19)14-6-8-5-10(17)2-4-13(8)20-14/h1-7H,18H2. The number of carbonyl (C=O) groups is 1. The second kappa shape index (κ2) is 4.76. The van der Waals surface area contributed by atoms with Gasteiger partial charge in [-0.25, -0.2) is 4.39 Å². The van der Waals surface area contributed by atoms with Crippen molar-refractivity contribution in [3.8, 4) is 0 Å². The molecule has 100 valence electrons. The monoisotopic (exact) mass is 333 g/mol. The quantitative estimate of drug-likeness (QED) is 0.566. The number of furan rings is 1. The van der Waals surface area contributed by atoms with Gasteiger partial charge in [0.05, 0.1) is 0 Å². The van der Waals surface area contributed by atoms with Gasteiger partial charge in [-0.3, -0.25) is 4.79 Å². The number of hydrogen-bond acceptors (Lipinski definition) is 3. The van der Waals surface area contributed by atoms with Gasteiger partial charge >= 0.3 is 0 Å². The van der Waals surface area contributed by atoms with Gasteiger partial charge in [0.2, 0.25) is 5.78 Å². The fraction of sp³-hybridized carbons (Fsp3) is 0. The third-order valence-electron chi connectivity index (χ3n) is 2.96. The molecule has 0 amide bonds. The first kappa shape index (κ1) is 12.9. The van der Waals surface area contributed by atoms with Gasteiger partial charge in [-0.2, -0.15) is 0 Å². The van der Waals surface area contributed by atoms with Gasteiger partial charge < -0.3 is 10.2 Å². The lowest BCUT2D eigenvalue weighted by Gasteiger charge is -2.02. The predicted molar refractivity (Wildman–Crippen MR) is 78.2 cm³/mol. The highest BCUT2D eigenvalue weighted by Gasteiger charge is 2.17. The van der Waals surface area contributed by atoms with Crippen LogP contribution < -0.4 is 5.73 Å². The highest BCUT2D eigenvalue weighted by Crippen LogP contribution is 2.25. The Morgan fingerprint density at radius 2 is 1.95 bits per heavy atom. The van der Waals surface area contributed by atoms with Gasteiger partial charge in [-0.15, -0.1) is 0 Å². The maximum absolute atomic E-state index is 13.1. The van der Waals surface area contributed by atoms with Crippen LogP contribution in [0.5, 0.6) is 0 Å². The summed E-state index contributed by atoms with van der Waals surface area (Å²) in [5.41, 5.74) is 7.00. The van der Waals surface area contributed by atoms with E-state index in [9.17, 15) is 9.18 Å². The summed E-state index contributed by atoms with van der Waals surface area (Å²) in [6.45, 7) is 0. The fourth-order valence-electron chi connectivity index (χ4n) is 2.00. The Labute approximate surface area is 122 Å². The number of rotatable bonds is 2. The van der Waals surface area contributed by atoms with E-state index in [0.717, 1.165) is 4.47 Å². The van der Waals surface area contributed by atoms with Crippen molar-refractivity contribution in [2.45, 2.75) is 0 Å². The van der Waals surface area contributed by atoms with E-state index in [0.29, 0.717) is 22.2 Å². The minimum absolute atomic E-state index is 0.139. The lowest BCUT2D eigenvalue weighted by Crippen LogP contribution is -2.04. The van der Waals surface area contributed by atoms with Crippen LogP contribution in [-0.2, 0) is 0 Å². The van der Waals surface area contributed by atoms with Gasteiger partial charge in [-0.05, 0) is 42.5 Å². The van der Waals surface area contributed by atoms with Gasteiger partial charge in [0.1, 0.15) is 11.4 Å². The van der Waals surface area contributed by atoms with Crippen molar-refractivity contribution in [3.05, 3.63) is 64.1 Å². The number of benzene rings is 2. The van der Waals surface area contributed by atoms with Gasteiger partial charge in [0.25, 0.3) is 0 Å². The summed E-state index contributed by atoms with van der Waals surface area (Å²) in [5, 5.41) is 0.545. The van der Waals surface area contributed by atoms with E-state index in [4.69, 9.17) is 10.2 Å². The Hall–Kier alpha value is -2.14. The molecule has 1 aromatic heterocycles. The summed E-state index contributed by atoms with van der Waals surface area (Å²) in [7, 11) is 0. The van der Waals surface area contributed by atoms with Crippen molar-refractivity contribution in [3.63, 3.8) is 0 Å². The molecule has 20 heavy (non-hydrogen) atoms. The second-order valence-corrected chi connectivity index (χ2v) is 5.27. The second-order valence-electron chi connectivity index (χ2n) is 4.35. The number of hydrogen-bond donors (Lipinski definition) is 1. The molecule has 2 N–H and O–H groups in total. The minimum Gasteiger partial charge on any atom is -0.453 e. The van der Waals surface area contributed by atoms with Gasteiger partial charge in [-0.1, -0.05) is 15.9 Å². The predicted octanol–water partition coefficient (Wildman–Crippen LogP) is 4.15. The van der Waals surface area contributed by atoms with Crippen molar-refractivity contribution < 1.29 is 13.6 Å². The van der Waals surface area contributed by atoms with Crippen LogP contribution in [0.1, 0.15) is 16.1 Å². The van der Waals surface area contributed by atoms with Crippen molar-refractivity contribution in [1.82, 2.24) is 0 Å². The molecule has 0 aliphatic rings. The summed E-state index contributed by atoms with van der Waals surface area (Å²) in [5.74, 6) is -0.563. The maximum Gasteiger partial charge on any atom is 0.230 e. The van der Waals surface area contributed by atoms with Crippen LogP contribution in [0.15, 0.2) is 51.4 Å². The molecular weight excluding hydrogens is 325 g/mol. The number of nitrogens with two attached hydrogens (primary N) is 1. The lowest BCUT2D eigenvalue weighted by atomic mass is 10.1. The molecule has 0 fully saturated rings. The molecular formula is C15H9BrFNO2. The molecule has 3 rings (SSSR count). The minimum atomic E-state index is -0.375. The number of nitrogen functional groups attached to an aromatic ring is 1. The molecule has 0 saturated carbocycles. The Kier molecular flexibility index (Phi) is 3.06. The first-order valence-electron chi connectivity index (χ1n) is 5.83. The molecule has 0 unspecified atom stereocenters. The molecule has 0 saturated heterocycles. The van der Waals surface area contributed by atoms with Crippen LogP contribution in [0.4, 0.5) is 10.1 Å². The SMILES string of the molecule is Nc1cc(Br)ccc1C(=O)c1cc2cc(F)ccc2o1. The van der Waals surface area contributed by atoms with E-state index in [2.05, 4.69) is 15.9 Å². The molecule has 2 aromatic carbocycles. The smallest absolute Gasteiger partial charge is 0.230 e. The van der Waals surface area contributed by atoms with Crippen LogP contribution >= 0.6 is 15.9 Å². The van der Waals surface area contributed by atoms with E-state index >= 15 is 0 Å². The van der Waals surface area contributed by atoms with E-state index < -0.39 is 0 Å². The topological polar surface area (TPSA) is 56.2 Å². The molecule has 1 heterocycles. The number of halogens is 2. The van der Waals surface area contributed by atoms with E-state index in [1.807, 2.05) is 0 Å². The summed E-state index contributed by atoms with van der Waals surface area (Å²) in [4.78, 5) is 12.4. The first-order chi connectivity index (χ1) is 9.54. The zero-order valence-corrected chi connectivity index (χ0v) is 11.8. The van der Waals surface area contributed by atoms with E-state index in [1.165, 1.54) is 24.3 Å². The van der Waals surface area contributed by atoms with Crippen molar-refractivity contribution >= 4 is 38.4 Å². The maximum atomic E-state index is 13.1. The third kappa shape index (κ3) is 2.20. The summed E-state index contributed by atoms with van der Waals surface area (Å²) in [6.07, 6.45) is 0. The first-order valence-corrected chi connectivity index (χ1v) is 6.63. The Morgan fingerprint density at radius 1 is 1.15 bits per heavy atom. The van der Waals surface area contributed by atoms with E-state index in [1.54, 1.807) is 18.2 Å². The van der Waals surface area contributed by atoms with Crippen LogP contribution in [0.25, 0.3) is 11.0 Å². The van der Waals surface area contributed by atoms with Crippen LogP contribution in [0.3, 0.4) is 0 Å². The van der Waals surface area contributed by atoms with Gasteiger partial charge in [0, 0.05) is 21.1 Å². The molecule has 0 aliphatic carbocycles. The summed E-state index contributed by atoms with van der Waals surface area (Å²) in [6, 6.07) is 10.6. The Balaban J connectivity index is 2.08. The fourth-order valence-corrected chi connectivity index (χ4v) is 2.38. The highest BCUT2D eigenvalue weighted by atomic mass is 79.9. The van der Waals surface area contributed by atoms with Gasteiger partial charge in [0.15, 0.2) is 5.76 Å². The van der Waals surface area contributed by atoms with E-state index in [-0.39, 0.29) is 17.4 Å². The average Bonchev–Trinajstić information content (AvgIpc) is 2.81. The Bertz CT molecular complexity index is 826. The molecule has 0 bridgehead atoms. The zero-order chi connectivity index (χ0) is 14.3. The third-order valence-corrected chi connectivity index (χ3v) is 3.45. The molecule has 3 nitrogen and oxygen atoms in total. The number of anilines is 1. The average molecular weight is 334 g/mol. The van der Waals surface area contributed by atoms with Crippen LogP contribution in [0.2, 0.25) is 0 Å². The number of carbonyl (C=O) groups excluding carboxylic acids is 1. The van der Waals surface area contributed by atoms with Crippen LogP contribution in [0, 0.1) is 5.82 Å². The van der Waals surface area contributed by atoms with Crippen molar-refractivity contribution in [2.75, 3.05) is 5.73 Å². The highest BCUT2D eigenvalue weighted by molar-refractivity contribution is 9.10. The van der Waals surface area contributed by atoms with Crippen LogP contribution in [-0.4, -0.2) is 5.78 Å². The molecule has 0 radical (unpaired) electrons. The number of ketones is 1. The largest absolute Gasteiger partial charge is 0.453 e. The lowest BCUT2D eigenvalue weighted by molar-refractivity contribution is 0.101. The summed E-state index contributed by atoms with van der Waals surface area (Å²) >= 11 is 3.28. The molecule has 3 aromatic rings. The normalized spacial score (nSPS) is 10.9.